The summed E-state index contributed by atoms with van der Waals surface area (Å²) in [7, 11) is 0. The van der Waals surface area contributed by atoms with Crippen molar-refractivity contribution >= 4 is 17.2 Å². The van der Waals surface area contributed by atoms with Crippen molar-refractivity contribution in [2.75, 3.05) is 39.3 Å². The molecule has 1 amide bonds. The summed E-state index contributed by atoms with van der Waals surface area (Å²) in [6, 6.07) is 4.03. The lowest BCUT2D eigenvalue weighted by Gasteiger charge is -2.23. The first-order valence-corrected chi connectivity index (χ1v) is 8.85. The molecule has 22 heavy (non-hydrogen) atoms. The van der Waals surface area contributed by atoms with Crippen LogP contribution in [-0.4, -0.2) is 66.2 Å². The quantitative estimate of drug-likeness (QED) is 0.826. The van der Waals surface area contributed by atoms with Crippen molar-refractivity contribution in [2.24, 2.45) is 0 Å². The number of carbonyl (C=O) groups is 1. The standard InChI is InChI=1S/C16H26N2O3S/c1-2-16(20)18-7-4-6-17(8-9-18)11-14(19)12-21-13-15-5-3-10-22-15/h3,5,10,14,19H,2,4,6-9,11-13H2,1H3. The maximum Gasteiger partial charge on any atom is 0.222 e. The maximum atomic E-state index is 11.7. The average molecular weight is 326 g/mol. The Morgan fingerprint density at radius 1 is 1.41 bits per heavy atom. The van der Waals surface area contributed by atoms with E-state index in [9.17, 15) is 9.90 Å². The van der Waals surface area contributed by atoms with Crippen LogP contribution < -0.4 is 0 Å². The van der Waals surface area contributed by atoms with Crippen LogP contribution >= 0.6 is 11.3 Å². The van der Waals surface area contributed by atoms with Crippen LogP contribution in [0.3, 0.4) is 0 Å². The molecule has 1 saturated heterocycles. The highest BCUT2D eigenvalue weighted by Gasteiger charge is 2.19. The van der Waals surface area contributed by atoms with Crippen molar-refractivity contribution in [3.63, 3.8) is 0 Å². The SMILES string of the molecule is CCC(=O)N1CCCN(CC(O)COCc2cccs2)CC1. The summed E-state index contributed by atoms with van der Waals surface area (Å²) in [6.07, 6.45) is 1.06. The molecule has 1 aliphatic heterocycles. The zero-order chi connectivity index (χ0) is 15.8. The molecule has 1 unspecified atom stereocenters. The zero-order valence-corrected chi connectivity index (χ0v) is 14.1. The molecule has 6 heteroatoms. The Hall–Kier alpha value is -0.950. The minimum Gasteiger partial charge on any atom is -0.389 e. The van der Waals surface area contributed by atoms with Gasteiger partial charge in [0.05, 0.1) is 19.3 Å². The van der Waals surface area contributed by atoms with Gasteiger partial charge in [0.15, 0.2) is 0 Å². The Kier molecular flexibility index (Phi) is 7.32. The van der Waals surface area contributed by atoms with E-state index in [0.29, 0.717) is 26.2 Å². The van der Waals surface area contributed by atoms with Gasteiger partial charge in [-0.2, -0.15) is 0 Å². The third-order valence-corrected chi connectivity index (χ3v) is 4.70. The summed E-state index contributed by atoms with van der Waals surface area (Å²) < 4.78 is 5.56. The fraction of sp³-hybridized carbons (Fsp3) is 0.688. The molecule has 1 aromatic rings. The number of aliphatic hydroxyl groups is 1. The summed E-state index contributed by atoms with van der Waals surface area (Å²) in [4.78, 5) is 17.1. The van der Waals surface area contributed by atoms with Crippen molar-refractivity contribution in [3.8, 4) is 0 Å². The Labute approximate surface area is 136 Å². The Balaban J connectivity index is 1.65. The topological polar surface area (TPSA) is 53.0 Å². The molecule has 1 aromatic heterocycles. The fourth-order valence-electron chi connectivity index (χ4n) is 2.67. The van der Waals surface area contributed by atoms with Gasteiger partial charge < -0.3 is 14.7 Å². The van der Waals surface area contributed by atoms with Crippen LogP contribution in [0.1, 0.15) is 24.6 Å². The van der Waals surface area contributed by atoms with E-state index in [4.69, 9.17) is 4.74 Å². The molecular weight excluding hydrogens is 300 g/mol. The Morgan fingerprint density at radius 3 is 3.00 bits per heavy atom. The lowest BCUT2D eigenvalue weighted by Crippen LogP contribution is -2.38. The van der Waals surface area contributed by atoms with E-state index in [2.05, 4.69) is 4.90 Å². The van der Waals surface area contributed by atoms with Gasteiger partial charge in [-0.15, -0.1) is 11.3 Å². The van der Waals surface area contributed by atoms with Gasteiger partial charge in [0.2, 0.25) is 5.91 Å². The molecule has 124 valence electrons. The third-order valence-electron chi connectivity index (χ3n) is 3.85. The molecule has 0 bridgehead atoms. The maximum absolute atomic E-state index is 11.7. The van der Waals surface area contributed by atoms with Crippen LogP contribution in [0, 0.1) is 0 Å². The monoisotopic (exact) mass is 326 g/mol. The summed E-state index contributed by atoms with van der Waals surface area (Å²) in [6.45, 7) is 6.77. The van der Waals surface area contributed by atoms with Gasteiger partial charge in [-0.3, -0.25) is 9.69 Å². The highest BCUT2D eigenvalue weighted by atomic mass is 32.1. The van der Waals surface area contributed by atoms with Gasteiger partial charge in [0.25, 0.3) is 0 Å². The second-order valence-electron chi connectivity index (χ2n) is 5.64. The molecule has 1 fully saturated rings. The minimum absolute atomic E-state index is 0.224. The lowest BCUT2D eigenvalue weighted by atomic mass is 10.3. The van der Waals surface area contributed by atoms with E-state index >= 15 is 0 Å². The average Bonchev–Trinajstić information content (AvgIpc) is 2.92. The smallest absolute Gasteiger partial charge is 0.222 e. The number of β-amino-alcohol motifs (C(OH)–C–C–N with tert-alkyl or cyclic N) is 1. The number of aliphatic hydroxyl groups excluding tert-OH is 1. The van der Waals surface area contributed by atoms with Gasteiger partial charge in [-0.25, -0.2) is 0 Å². The number of nitrogens with zero attached hydrogens (tertiary/aromatic N) is 2. The minimum atomic E-state index is -0.478. The highest BCUT2D eigenvalue weighted by molar-refractivity contribution is 7.09. The van der Waals surface area contributed by atoms with Crippen LogP contribution in [0.5, 0.6) is 0 Å². The van der Waals surface area contributed by atoms with E-state index in [1.165, 1.54) is 4.88 Å². The Morgan fingerprint density at radius 2 is 2.27 bits per heavy atom. The molecule has 0 spiro atoms. The second-order valence-corrected chi connectivity index (χ2v) is 6.67. The van der Waals surface area contributed by atoms with Gasteiger partial charge in [-0.1, -0.05) is 13.0 Å². The predicted octanol–water partition coefficient (Wildman–Crippen LogP) is 1.57. The zero-order valence-electron chi connectivity index (χ0n) is 13.2. The van der Waals surface area contributed by atoms with Crippen LogP contribution in [0.25, 0.3) is 0 Å². The largest absolute Gasteiger partial charge is 0.389 e. The first kappa shape index (κ1) is 17.4. The number of ether oxygens (including phenoxy) is 1. The first-order chi connectivity index (χ1) is 10.7. The number of hydrogen-bond donors (Lipinski definition) is 1. The van der Waals surface area contributed by atoms with Crippen molar-refractivity contribution < 1.29 is 14.6 Å². The van der Waals surface area contributed by atoms with Crippen LogP contribution in [0.15, 0.2) is 17.5 Å². The van der Waals surface area contributed by atoms with Gasteiger partial charge in [0.1, 0.15) is 0 Å². The molecule has 0 saturated carbocycles. The van der Waals surface area contributed by atoms with E-state index in [0.717, 1.165) is 32.6 Å². The molecular formula is C16H26N2O3S. The van der Waals surface area contributed by atoms with Crippen LogP contribution in [-0.2, 0) is 16.1 Å². The number of amides is 1. The molecule has 0 aliphatic carbocycles. The van der Waals surface area contributed by atoms with Gasteiger partial charge in [-0.05, 0) is 24.4 Å². The molecule has 0 aromatic carbocycles. The Bertz CT molecular complexity index is 439. The second kappa shape index (κ2) is 9.25. The van der Waals surface area contributed by atoms with E-state index in [1.807, 2.05) is 29.3 Å². The molecule has 1 aliphatic rings. The summed E-state index contributed by atoms with van der Waals surface area (Å²) in [5.74, 6) is 0.224. The molecule has 2 rings (SSSR count). The summed E-state index contributed by atoms with van der Waals surface area (Å²) >= 11 is 1.66. The molecule has 0 radical (unpaired) electrons. The van der Waals surface area contributed by atoms with Gasteiger partial charge in [0, 0.05) is 37.5 Å². The fourth-order valence-corrected chi connectivity index (χ4v) is 3.31. The number of rotatable bonds is 7. The predicted molar refractivity (Wildman–Crippen MR) is 87.9 cm³/mol. The molecule has 5 nitrogen and oxygen atoms in total. The number of thiophene rings is 1. The normalized spacial score (nSPS) is 18.2. The van der Waals surface area contributed by atoms with E-state index in [1.54, 1.807) is 11.3 Å². The van der Waals surface area contributed by atoms with Crippen molar-refractivity contribution in [1.82, 2.24) is 9.80 Å². The number of hydrogen-bond acceptors (Lipinski definition) is 5. The van der Waals surface area contributed by atoms with E-state index in [-0.39, 0.29) is 5.91 Å². The lowest BCUT2D eigenvalue weighted by molar-refractivity contribution is -0.130. The highest BCUT2D eigenvalue weighted by Crippen LogP contribution is 2.10. The molecule has 2 heterocycles. The van der Waals surface area contributed by atoms with Gasteiger partial charge >= 0.3 is 0 Å². The summed E-state index contributed by atoms with van der Waals surface area (Å²) in [5, 5.41) is 12.1. The van der Waals surface area contributed by atoms with Crippen molar-refractivity contribution in [2.45, 2.75) is 32.5 Å². The van der Waals surface area contributed by atoms with Crippen LogP contribution in [0.4, 0.5) is 0 Å². The summed E-state index contributed by atoms with van der Waals surface area (Å²) in [5.41, 5.74) is 0. The molecule has 1 N–H and O–H groups in total. The van der Waals surface area contributed by atoms with Crippen LogP contribution in [0.2, 0.25) is 0 Å². The first-order valence-electron chi connectivity index (χ1n) is 7.97. The molecule has 1 atom stereocenters. The van der Waals surface area contributed by atoms with Crippen molar-refractivity contribution in [1.29, 1.82) is 0 Å². The van der Waals surface area contributed by atoms with Crippen molar-refractivity contribution in [3.05, 3.63) is 22.4 Å². The third kappa shape index (κ3) is 5.68. The number of carbonyl (C=O) groups excluding carboxylic acids is 1. The van der Waals surface area contributed by atoms with E-state index < -0.39 is 6.10 Å².